The molecular formula is C13H23NO. The zero-order chi connectivity index (χ0) is 11.7. The Morgan fingerprint density at radius 1 is 1.53 bits per heavy atom. The molecule has 86 valence electrons. The van der Waals surface area contributed by atoms with Crippen LogP contribution in [0.2, 0.25) is 0 Å². The third-order valence-electron chi connectivity index (χ3n) is 2.20. The van der Waals surface area contributed by atoms with Crippen LogP contribution < -0.4 is 0 Å². The van der Waals surface area contributed by atoms with Crippen molar-refractivity contribution in [3.63, 3.8) is 0 Å². The molecule has 15 heavy (non-hydrogen) atoms. The fourth-order valence-corrected chi connectivity index (χ4v) is 0.901. The summed E-state index contributed by atoms with van der Waals surface area (Å²) in [5.41, 5.74) is 1.38. The van der Waals surface area contributed by atoms with Crippen molar-refractivity contribution in [2.45, 2.75) is 27.7 Å². The summed E-state index contributed by atoms with van der Waals surface area (Å²) in [6.45, 7) is 10.4. The van der Waals surface area contributed by atoms with Gasteiger partial charge in [0.25, 0.3) is 0 Å². The highest BCUT2D eigenvalue weighted by atomic mass is 16.5. The monoisotopic (exact) mass is 209 g/mol. The molecule has 0 N–H and O–H groups in total. The second-order valence-corrected chi connectivity index (χ2v) is 3.58. The van der Waals surface area contributed by atoms with Crippen LogP contribution in [-0.4, -0.2) is 25.1 Å². The van der Waals surface area contributed by atoms with Crippen LogP contribution in [0.25, 0.3) is 0 Å². The molecule has 0 aromatic rings. The molecule has 1 aliphatic rings. The summed E-state index contributed by atoms with van der Waals surface area (Å²) in [7, 11) is 1.69. The molecule has 0 fully saturated rings. The lowest BCUT2D eigenvalue weighted by molar-refractivity contribution is 0.294. The summed E-state index contributed by atoms with van der Waals surface area (Å²) in [6, 6.07) is 0. The predicted molar refractivity (Wildman–Crippen MR) is 66.6 cm³/mol. The molecule has 0 atom stereocenters. The van der Waals surface area contributed by atoms with Crippen molar-refractivity contribution in [2.75, 3.05) is 20.2 Å². The number of allylic oxidation sites excluding steroid dienone is 3. The van der Waals surface area contributed by atoms with Crippen LogP contribution in [0.3, 0.4) is 0 Å². The molecule has 2 heteroatoms. The van der Waals surface area contributed by atoms with Gasteiger partial charge in [-0.1, -0.05) is 11.6 Å². The summed E-state index contributed by atoms with van der Waals surface area (Å²) in [5.74, 6) is 0.963. The van der Waals surface area contributed by atoms with Gasteiger partial charge in [0.2, 0.25) is 0 Å². The average Bonchev–Trinajstić information content (AvgIpc) is 2.30. The second kappa shape index (κ2) is 8.16. The van der Waals surface area contributed by atoms with Gasteiger partial charge in [0.1, 0.15) is 5.76 Å². The van der Waals surface area contributed by atoms with E-state index >= 15 is 0 Å². The van der Waals surface area contributed by atoms with Crippen molar-refractivity contribution in [3.8, 4) is 0 Å². The lowest BCUT2D eigenvalue weighted by Gasteiger charge is -2.19. The van der Waals surface area contributed by atoms with Crippen LogP contribution in [0.1, 0.15) is 27.7 Å². The van der Waals surface area contributed by atoms with Crippen LogP contribution in [0.15, 0.2) is 35.8 Å². The number of methoxy groups -OCH3 is 1. The van der Waals surface area contributed by atoms with Crippen LogP contribution in [0.4, 0.5) is 0 Å². The highest BCUT2D eigenvalue weighted by Crippen LogP contribution is 2.05. The molecular weight excluding hydrogens is 186 g/mol. The molecule has 2 nitrogen and oxygen atoms in total. The molecule has 0 bridgehead atoms. The summed E-state index contributed by atoms with van der Waals surface area (Å²) in [6.07, 6.45) is 8.19. The van der Waals surface area contributed by atoms with E-state index in [2.05, 4.69) is 44.0 Å². The molecule has 1 heterocycles. The van der Waals surface area contributed by atoms with E-state index in [9.17, 15) is 0 Å². The van der Waals surface area contributed by atoms with Crippen molar-refractivity contribution >= 4 is 0 Å². The molecule has 0 aromatic heterocycles. The van der Waals surface area contributed by atoms with Crippen LogP contribution >= 0.6 is 0 Å². The predicted octanol–water partition coefficient (Wildman–Crippen LogP) is 3.34. The largest absolute Gasteiger partial charge is 0.497 e. The van der Waals surface area contributed by atoms with Gasteiger partial charge in [-0.2, -0.15) is 0 Å². The zero-order valence-electron chi connectivity index (χ0n) is 10.6. The first-order chi connectivity index (χ1) is 7.13. The number of rotatable bonds is 2. The maximum atomic E-state index is 5.03. The van der Waals surface area contributed by atoms with E-state index in [1.807, 2.05) is 13.0 Å². The Morgan fingerprint density at radius 2 is 2.13 bits per heavy atom. The quantitative estimate of drug-likeness (QED) is 0.647. The molecule has 0 amide bonds. The summed E-state index contributed by atoms with van der Waals surface area (Å²) >= 11 is 0. The first-order valence-corrected chi connectivity index (χ1v) is 5.40. The van der Waals surface area contributed by atoms with Gasteiger partial charge in [-0.15, -0.1) is 0 Å². The molecule has 0 radical (unpaired) electrons. The van der Waals surface area contributed by atoms with Gasteiger partial charge in [-0.25, -0.2) is 0 Å². The van der Waals surface area contributed by atoms with Gasteiger partial charge in [-0.3, -0.25) is 0 Å². The Hall–Kier alpha value is -1.18. The highest BCUT2D eigenvalue weighted by Gasteiger charge is 2.00. The molecule has 0 aromatic carbocycles. The van der Waals surface area contributed by atoms with Crippen molar-refractivity contribution in [3.05, 3.63) is 35.8 Å². The van der Waals surface area contributed by atoms with Gasteiger partial charge in [0, 0.05) is 19.3 Å². The lowest BCUT2D eigenvalue weighted by Crippen LogP contribution is -2.19. The highest BCUT2D eigenvalue weighted by molar-refractivity contribution is 5.16. The molecule has 0 aliphatic carbocycles. The lowest BCUT2D eigenvalue weighted by atomic mass is 10.3. The van der Waals surface area contributed by atoms with Gasteiger partial charge in [0.15, 0.2) is 0 Å². The van der Waals surface area contributed by atoms with E-state index in [1.165, 1.54) is 5.57 Å². The third-order valence-corrected chi connectivity index (χ3v) is 2.20. The Labute approximate surface area is 93.9 Å². The Bertz CT molecular complexity index is 247. The fourth-order valence-electron chi connectivity index (χ4n) is 0.901. The van der Waals surface area contributed by atoms with E-state index < -0.39 is 0 Å². The molecule has 0 spiro atoms. The molecule has 1 rings (SSSR count). The smallest absolute Gasteiger partial charge is 0.118 e. The van der Waals surface area contributed by atoms with Crippen molar-refractivity contribution in [1.29, 1.82) is 0 Å². The third kappa shape index (κ3) is 6.83. The minimum atomic E-state index is 0.963. The number of nitrogens with zero attached hydrogens (tertiary/aromatic N) is 1. The molecule has 0 saturated heterocycles. The Morgan fingerprint density at radius 3 is 2.40 bits per heavy atom. The standard InChI is InChI=1S/C8H13NO.C5H10/c1-3-9-6-4-8(10-2)5-7-9;1-4-5(2)3/h4-6H,3,7H2,1-2H3;4H,1-3H3. The van der Waals surface area contributed by atoms with Gasteiger partial charge in [0.05, 0.1) is 7.11 Å². The SMILES string of the molecule is CC=C(C)C.CCN1C=CC(OC)=CC1. The summed E-state index contributed by atoms with van der Waals surface area (Å²) in [5, 5.41) is 0. The fraction of sp³-hybridized carbons (Fsp3) is 0.538. The number of likely N-dealkylation sites (N-methyl/N-ethyl adjacent to an activating group) is 1. The number of hydrogen-bond acceptors (Lipinski definition) is 2. The maximum absolute atomic E-state index is 5.03. The average molecular weight is 209 g/mol. The minimum absolute atomic E-state index is 0.963. The Balaban J connectivity index is 0.000000336. The number of ether oxygens (including phenoxy) is 1. The van der Waals surface area contributed by atoms with Crippen LogP contribution in [0, 0.1) is 0 Å². The summed E-state index contributed by atoms with van der Waals surface area (Å²) < 4.78 is 5.03. The first kappa shape index (κ1) is 13.8. The molecule has 1 aliphatic heterocycles. The topological polar surface area (TPSA) is 12.5 Å². The minimum Gasteiger partial charge on any atom is -0.497 e. The van der Waals surface area contributed by atoms with Crippen molar-refractivity contribution in [2.24, 2.45) is 0 Å². The van der Waals surface area contributed by atoms with Crippen LogP contribution in [0.5, 0.6) is 0 Å². The first-order valence-electron chi connectivity index (χ1n) is 5.40. The number of hydrogen-bond donors (Lipinski definition) is 0. The van der Waals surface area contributed by atoms with E-state index in [1.54, 1.807) is 7.11 Å². The molecule has 0 saturated carbocycles. The second-order valence-electron chi connectivity index (χ2n) is 3.58. The normalized spacial score (nSPS) is 13.7. The van der Waals surface area contributed by atoms with E-state index in [0.717, 1.165) is 18.8 Å². The van der Waals surface area contributed by atoms with Crippen molar-refractivity contribution in [1.82, 2.24) is 4.90 Å². The Kier molecular flexibility index (Phi) is 7.51. The van der Waals surface area contributed by atoms with Gasteiger partial charge in [-0.05, 0) is 39.8 Å². The zero-order valence-corrected chi connectivity index (χ0v) is 10.6. The maximum Gasteiger partial charge on any atom is 0.118 e. The molecule has 0 unspecified atom stereocenters. The van der Waals surface area contributed by atoms with Crippen molar-refractivity contribution < 1.29 is 4.74 Å². The van der Waals surface area contributed by atoms with E-state index in [-0.39, 0.29) is 0 Å². The van der Waals surface area contributed by atoms with E-state index in [0.29, 0.717) is 0 Å². The van der Waals surface area contributed by atoms with Crippen LogP contribution in [-0.2, 0) is 4.74 Å². The van der Waals surface area contributed by atoms with Gasteiger partial charge < -0.3 is 9.64 Å². The van der Waals surface area contributed by atoms with E-state index in [4.69, 9.17) is 4.74 Å². The van der Waals surface area contributed by atoms with Gasteiger partial charge >= 0.3 is 0 Å². The summed E-state index contributed by atoms with van der Waals surface area (Å²) in [4.78, 5) is 2.21.